The van der Waals surface area contributed by atoms with Gasteiger partial charge in [0.25, 0.3) is 0 Å². The molecule has 30 heavy (non-hydrogen) atoms. The summed E-state index contributed by atoms with van der Waals surface area (Å²) in [5.74, 6) is 0.685. The van der Waals surface area contributed by atoms with Crippen molar-refractivity contribution in [1.82, 2.24) is 15.0 Å². The predicted octanol–water partition coefficient (Wildman–Crippen LogP) is 3.23. The smallest absolute Gasteiger partial charge is 0.239 e. The Morgan fingerprint density at radius 2 is 2.00 bits per heavy atom. The second-order valence-corrected chi connectivity index (χ2v) is 8.08. The number of carbonyl (C=O) groups is 1. The summed E-state index contributed by atoms with van der Waals surface area (Å²) in [6.45, 7) is 3.32. The maximum absolute atomic E-state index is 11.3. The average molecular weight is 468 g/mol. The first-order chi connectivity index (χ1) is 14.5. The molecule has 2 aromatic carbocycles. The van der Waals surface area contributed by atoms with Gasteiger partial charge in [-0.15, -0.1) is 0 Å². The predicted molar refractivity (Wildman–Crippen MR) is 121 cm³/mol. The summed E-state index contributed by atoms with van der Waals surface area (Å²) >= 11 is 3.53. The molecule has 0 bridgehead atoms. The number of halogens is 1. The molecule has 0 saturated heterocycles. The van der Waals surface area contributed by atoms with Gasteiger partial charge in [0.15, 0.2) is 0 Å². The summed E-state index contributed by atoms with van der Waals surface area (Å²) in [4.78, 5) is 26.6. The highest BCUT2D eigenvalue weighted by atomic mass is 79.9. The maximum atomic E-state index is 11.3. The minimum absolute atomic E-state index is 0.411. The lowest BCUT2D eigenvalue weighted by Crippen LogP contribution is -2.32. The zero-order valence-corrected chi connectivity index (χ0v) is 18.1. The van der Waals surface area contributed by atoms with Gasteiger partial charge in [0.2, 0.25) is 17.8 Å². The van der Waals surface area contributed by atoms with Crippen LogP contribution in [-0.4, -0.2) is 33.4 Å². The number of fused-ring (bicyclic) bond motifs is 1. The maximum Gasteiger partial charge on any atom is 0.239 e. The zero-order valence-electron chi connectivity index (χ0n) is 16.5. The molecule has 0 aliphatic carbocycles. The van der Waals surface area contributed by atoms with Crippen molar-refractivity contribution in [1.29, 1.82) is 0 Å². The van der Waals surface area contributed by atoms with Crippen molar-refractivity contribution in [3.8, 4) is 0 Å². The van der Waals surface area contributed by atoms with E-state index in [2.05, 4.69) is 64.6 Å². The van der Waals surface area contributed by atoms with Gasteiger partial charge in [0, 0.05) is 28.9 Å². The van der Waals surface area contributed by atoms with Crippen molar-refractivity contribution < 1.29 is 4.79 Å². The van der Waals surface area contributed by atoms with E-state index in [1.807, 2.05) is 24.3 Å². The van der Waals surface area contributed by atoms with Gasteiger partial charge < -0.3 is 21.3 Å². The lowest BCUT2D eigenvalue weighted by Gasteiger charge is -2.29. The molecule has 0 radical (unpaired) electrons. The van der Waals surface area contributed by atoms with E-state index in [0.717, 1.165) is 35.4 Å². The molecule has 1 amide bonds. The fraction of sp³-hybridized carbons (Fsp3) is 0.238. The van der Waals surface area contributed by atoms with Gasteiger partial charge in [-0.3, -0.25) is 4.79 Å². The first kappa shape index (κ1) is 20.1. The number of carbonyl (C=O) groups excluding carboxylic acids is 1. The lowest BCUT2D eigenvalue weighted by molar-refractivity contribution is -0.118. The van der Waals surface area contributed by atoms with E-state index >= 15 is 0 Å². The number of rotatable bonds is 6. The first-order valence-corrected chi connectivity index (χ1v) is 10.4. The van der Waals surface area contributed by atoms with E-state index < -0.39 is 11.9 Å². The number of aromatic nitrogens is 3. The van der Waals surface area contributed by atoms with Crippen molar-refractivity contribution in [3.63, 3.8) is 0 Å². The summed E-state index contributed by atoms with van der Waals surface area (Å²) in [6.07, 6.45) is 2.45. The molecule has 3 aromatic rings. The van der Waals surface area contributed by atoms with Crippen LogP contribution >= 0.6 is 15.9 Å². The zero-order chi connectivity index (χ0) is 21.1. The third-order valence-electron chi connectivity index (χ3n) is 4.95. The number of hydrogen-bond donors (Lipinski definition) is 3. The van der Waals surface area contributed by atoms with Crippen LogP contribution in [0.2, 0.25) is 0 Å². The van der Waals surface area contributed by atoms with E-state index in [0.29, 0.717) is 11.9 Å². The van der Waals surface area contributed by atoms with Crippen LogP contribution in [0.15, 0.2) is 53.3 Å². The minimum atomic E-state index is -0.466. The molecule has 0 unspecified atom stereocenters. The number of anilines is 4. The number of nitrogens with two attached hydrogens (primary N) is 1. The van der Waals surface area contributed by atoms with E-state index in [4.69, 9.17) is 5.73 Å². The van der Waals surface area contributed by atoms with Crippen LogP contribution in [0.1, 0.15) is 18.1 Å². The Labute approximate surface area is 183 Å². The Bertz CT molecular complexity index is 1070. The Morgan fingerprint density at radius 1 is 1.17 bits per heavy atom. The summed E-state index contributed by atoms with van der Waals surface area (Å²) < 4.78 is 1.10. The largest absolute Gasteiger partial charge is 0.374 e. The highest BCUT2D eigenvalue weighted by Crippen LogP contribution is 2.25. The van der Waals surface area contributed by atoms with Crippen LogP contribution in [0.3, 0.4) is 0 Å². The van der Waals surface area contributed by atoms with Crippen molar-refractivity contribution in [2.75, 3.05) is 22.1 Å². The fourth-order valence-corrected chi connectivity index (χ4v) is 3.74. The number of benzene rings is 2. The molecule has 0 saturated carbocycles. The monoisotopic (exact) mass is 467 g/mol. The van der Waals surface area contributed by atoms with Crippen LogP contribution in [0.5, 0.6) is 0 Å². The Morgan fingerprint density at radius 3 is 2.83 bits per heavy atom. The van der Waals surface area contributed by atoms with Gasteiger partial charge in [-0.05, 0) is 54.8 Å². The van der Waals surface area contributed by atoms with Crippen molar-refractivity contribution in [2.24, 2.45) is 5.73 Å². The summed E-state index contributed by atoms with van der Waals surface area (Å²) in [5.41, 5.74) is 9.52. The third-order valence-corrected chi connectivity index (χ3v) is 5.44. The first-order valence-electron chi connectivity index (χ1n) is 9.62. The number of nitrogens with one attached hydrogen (secondary N) is 2. The molecule has 1 aliphatic rings. The molecule has 1 atom stereocenters. The van der Waals surface area contributed by atoms with Crippen LogP contribution in [0, 0.1) is 0 Å². The number of primary amides is 1. The molecule has 1 aliphatic heterocycles. The molecule has 0 spiro atoms. The summed E-state index contributed by atoms with van der Waals surface area (Å²) in [6, 6.07) is 13.4. The molecule has 4 N–H and O–H groups in total. The average Bonchev–Trinajstić information content (AvgIpc) is 2.73. The summed E-state index contributed by atoms with van der Waals surface area (Å²) in [7, 11) is 0. The van der Waals surface area contributed by atoms with Crippen molar-refractivity contribution in [2.45, 2.75) is 25.9 Å². The third kappa shape index (κ3) is 4.68. The Kier molecular flexibility index (Phi) is 5.80. The minimum Gasteiger partial charge on any atom is -0.374 e. The van der Waals surface area contributed by atoms with Gasteiger partial charge in [-0.1, -0.05) is 28.1 Å². The second kappa shape index (κ2) is 8.66. The van der Waals surface area contributed by atoms with Gasteiger partial charge in [0.05, 0.1) is 0 Å². The van der Waals surface area contributed by atoms with Crippen molar-refractivity contribution in [3.05, 3.63) is 64.4 Å². The van der Waals surface area contributed by atoms with Crippen LogP contribution in [0.4, 0.5) is 23.3 Å². The molecule has 0 fully saturated rings. The molecule has 9 heteroatoms. The van der Waals surface area contributed by atoms with Gasteiger partial charge >= 0.3 is 0 Å². The van der Waals surface area contributed by atoms with Gasteiger partial charge in [-0.25, -0.2) is 9.97 Å². The highest BCUT2D eigenvalue weighted by Gasteiger charge is 2.19. The molecule has 154 valence electrons. The lowest BCUT2D eigenvalue weighted by atomic mass is 10.0. The topological polar surface area (TPSA) is 109 Å². The molecular formula is C21H22BrN7O. The second-order valence-electron chi connectivity index (χ2n) is 7.17. The van der Waals surface area contributed by atoms with E-state index in [1.54, 1.807) is 6.92 Å². The van der Waals surface area contributed by atoms with Gasteiger partial charge in [-0.2, -0.15) is 4.98 Å². The molecular weight excluding hydrogens is 446 g/mol. The molecule has 8 nitrogen and oxygen atoms in total. The van der Waals surface area contributed by atoms with E-state index in [-0.39, 0.29) is 0 Å². The molecule has 1 aromatic heterocycles. The summed E-state index contributed by atoms with van der Waals surface area (Å²) in [5, 5.41) is 6.27. The SMILES string of the molecule is C[C@H](Nc1cccc(Nc2ncnc(N3CCc4cc(Br)ccc4C3)n2)c1)C(N)=O. The van der Waals surface area contributed by atoms with Gasteiger partial charge in [0.1, 0.15) is 12.4 Å². The van der Waals surface area contributed by atoms with Crippen LogP contribution in [0.25, 0.3) is 0 Å². The van der Waals surface area contributed by atoms with Crippen molar-refractivity contribution >= 4 is 45.1 Å². The highest BCUT2D eigenvalue weighted by molar-refractivity contribution is 9.10. The van der Waals surface area contributed by atoms with E-state index in [1.165, 1.54) is 17.5 Å². The Balaban J connectivity index is 1.48. The standard InChI is InChI=1S/C21H22BrN7O/c1-13(19(23)30)26-17-3-2-4-18(10-17)27-20-24-12-25-21(28-20)29-8-7-14-9-16(22)6-5-15(14)11-29/h2-6,9-10,12-13,26H,7-8,11H2,1H3,(H2,23,30)(H,24,25,27,28)/t13-/m0/s1. The molecule has 2 heterocycles. The number of hydrogen-bond acceptors (Lipinski definition) is 7. The fourth-order valence-electron chi connectivity index (χ4n) is 3.33. The van der Waals surface area contributed by atoms with Crippen LogP contribution in [-0.2, 0) is 17.8 Å². The van der Waals surface area contributed by atoms with E-state index in [9.17, 15) is 4.79 Å². The number of amides is 1. The quantitative estimate of drug-likeness (QED) is 0.510. The van der Waals surface area contributed by atoms with Crippen LogP contribution < -0.4 is 21.3 Å². The molecule has 4 rings (SSSR count). The number of nitrogens with zero attached hydrogens (tertiary/aromatic N) is 4. The Hall–Kier alpha value is -3.20. The normalized spacial score (nSPS) is 14.0.